The maximum atomic E-state index is 10.2. The summed E-state index contributed by atoms with van der Waals surface area (Å²) >= 11 is 0. The summed E-state index contributed by atoms with van der Waals surface area (Å²) in [7, 11) is 0. The SMILES string of the molecule is CCCCCCCCCCCCCCCCCCCCCCCCCCCCC(O)CCCCCCCCCC. The zero-order chi connectivity index (χ0) is 29.0. The van der Waals surface area contributed by atoms with Crippen molar-refractivity contribution in [1.29, 1.82) is 0 Å². The Labute approximate surface area is 255 Å². The highest BCUT2D eigenvalue weighted by molar-refractivity contribution is 4.58. The Hall–Kier alpha value is -0.0400. The van der Waals surface area contributed by atoms with Crippen molar-refractivity contribution in [3.05, 3.63) is 0 Å². The molecule has 0 saturated carbocycles. The Morgan fingerprint density at radius 2 is 0.400 bits per heavy atom. The van der Waals surface area contributed by atoms with Crippen molar-refractivity contribution in [2.24, 2.45) is 0 Å². The van der Waals surface area contributed by atoms with Crippen LogP contribution in [-0.4, -0.2) is 11.2 Å². The second-order valence-electron chi connectivity index (χ2n) is 13.5. The zero-order valence-corrected chi connectivity index (χ0v) is 28.5. The molecule has 0 aliphatic rings. The van der Waals surface area contributed by atoms with Crippen molar-refractivity contribution >= 4 is 0 Å². The molecule has 1 unspecified atom stereocenters. The molecular weight excluding hydrogens is 484 g/mol. The number of rotatable bonds is 36. The Kier molecular flexibility index (Phi) is 36.9. The minimum atomic E-state index is -0.0329. The van der Waals surface area contributed by atoms with Crippen molar-refractivity contribution in [3.63, 3.8) is 0 Å². The van der Waals surface area contributed by atoms with E-state index in [9.17, 15) is 5.11 Å². The number of hydrogen-bond acceptors (Lipinski definition) is 1. The fraction of sp³-hybridized carbons (Fsp3) is 1.00. The Morgan fingerprint density at radius 1 is 0.250 bits per heavy atom. The van der Waals surface area contributed by atoms with E-state index in [2.05, 4.69) is 13.8 Å². The molecule has 0 aliphatic heterocycles. The third-order valence-corrected chi connectivity index (χ3v) is 9.28. The molecular formula is C39H80O. The van der Waals surface area contributed by atoms with E-state index in [1.54, 1.807) is 0 Å². The lowest BCUT2D eigenvalue weighted by Gasteiger charge is -2.10. The first kappa shape index (κ1) is 40.0. The summed E-state index contributed by atoms with van der Waals surface area (Å²) in [5, 5.41) is 10.2. The van der Waals surface area contributed by atoms with Gasteiger partial charge in [-0.2, -0.15) is 0 Å². The molecule has 0 bridgehead atoms. The molecule has 0 spiro atoms. The smallest absolute Gasteiger partial charge is 0.0540 e. The van der Waals surface area contributed by atoms with Crippen molar-refractivity contribution in [3.8, 4) is 0 Å². The molecule has 40 heavy (non-hydrogen) atoms. The molecule has 0 aliphatic carbocycles. The van der Waals surface area contributed by atoms with E-state index in [0.717, 1.165) is 12.8 Å². The minimum absolute atomic E-state index is 0.0329. The largest absolute Gasteiger partial charge is 0.393 e. The van der Waals surface area contributed by atoms with Gasteiger partial charge >= 0.3 is 0 Å². The molecule has 1 nitrogen and oxygen atoms in total. The van der Waals surface area contributed by atoms with E-state index in [1.165, 1.54) is 218 Å². The highest BCUT2D eigenvalue weighted by Gasteiger charge is 2.04. The quantitative estimate of drug-likeness (QED) is 0.0750. The third-order valence-electron chi connectivity index (χ3n) is 9.28. The second kappa shape index (κ2) is 37.0. The molecule has 0 aromatic heterocycles. The minimum Gasteiger partial charge on any atom is -0.393 e. The molecule has 0 aromatic rings. The normalized spacial score (nSPS) is 12.4. The summed E-state index contributed by atoms with van der Waals surface area (Å²) in [6, 6.07) is 0. The van der Waals surface area contributed by atoms with Gasteiger partial charge in [-0.1, -0.05) is 232 Å². The van der Waals surface area contributed by atoms with Crippen molar-refractivity contribution in [2.75, 3.05) is 0 Å². The summed E-state index contributed by atoms with van der Waals surface area (Å²) in [6.45, 7) is 4.59. The number of hydrogen-bond donors (Lipinski definition) is 1. The maximum Gasteiger partial charge on any atom is 0.0540 e. The summed E-state index contributed by atoms with van der Waals surface area (Å²) in [5.41, 5.74) is 0. The molecule has 0 aromatic carbocycles. The van der Waals surface area contributed by atoms with E-state index in [1.807, 2.05) is 0 Å². The lowest BCUT2D eigenvalue weighted by molar-refractivity contribution is 0.147. The monoisotopic (exact) mass is 565 g/mol. The first-order valence-corrected chi connectivity index (χ1v) is 19.5. The first-order chi connectivity index (χ1) is 19.8. The fourth-order valence-electron chi connectivity index (χ4n) is 6.35. The van der Waals surface area contributed by atoms with E-state index in [0.29, 0.717) is 0 Å². The Bertz CT molecular complexity index is 419. The van der Waals surface area contributed by atoms with Crippen molar-refractivity contribution in [2.45, 2.75) is 251 Å². The van der Waals surface area contributed by atoms with E-state index < -0.39 is 0 Å². The highest BCUT2D eigenvalue weighted by Crippen LogP contribution is 2.17. The lowest BCUT2D eigenvalue weighted by Crippen LogP contribution is -2.05. The van der Waals surface area contributed by atoms with Crippen LogP contribution in [0.2, 0.25) is 0 Å². The Balaban J connectivity index is 3.10. The highest BCUT2D eigenvalue weighted by atomic mass is 16.3. The molecule has 242 valence electrons. The van der Waals surface area contributed by atoms with Crippen molar-refractivity contribution in [1.82, 2.24) is 0 Å². The topological polar surface area (TPSA) is 20.2 Å². The van der Waals surface area contributed by atoms with Gasteiger partial charge in [0.1, 0.15) is 0 Å². The summed E-state index contributed by atoms with van der Waals surface area (Å²) in [4.78, 5) is 0. The predicted octanol–water partition coefficient (Wildman–Crippen LogP) is 14.4. The average molecular weight is 565 g/mol. The maximum absolute atomic E-state index is 10.2. The number of aliphatic hydroxyl groups is 1. The summed E-state index contributed by atoms with van der Waals surface area (Å²) in [6.07, 6.45) is 50.5. The third kappa shape index (κ3) is 36.0. The second-order valence-corrected chi connectivity index (χ2v) is 13.5. The van der Waals surface area contributed by atoms with E-state index in [-0.39, 0.29) is 6.10 Å². The summed E-state index contributed by atoms with van der Waals surface area (Å²) in [5.74, 6) is 0. The Morgan fingerprint density at radius 3 is 0.575 bits per heavy atom. The average Bonchev–Trinajstić information content (AvgIpc) is 2.96. The van der Waals surface area contributed by atoms with Crippen LogP contribution in [0.3, 0.4) is 0 Å². The van der Waals surface area contributed by atoms with Crippen LogP contribution in [0.5, 0.6) is 0 Å². The molecule has 0 amide bonds. The number of aliphatic hydroxyl groups excluding tert-OH is 1. The van der Waals surface area contributed by atoms with Gasteiger partial charge in [-0.3, -0.25) is 0 Å². The first-order valence-electron chi connectivity index (χ1n) is 19.5. The summed E-state index contributed by atoms with van der Waals surface area (Å²) < 4.78 is 0. The van der Waals surface area contributed by atoms with Crippen LogP contribution in [0.15, 0.2) is 0 Å². The molecule has 1 atom stereocenters. The molecule has 0 rings (SSSR count). The molecule has 0 fully saturated rings. The standard InChI is InChI=1S/C39H80O/c1-3-5-7-9-11-13-14-15-16-17-18-19-20-21-22-23-24-25-26-27-28-29-30-32-34-36-38-39(40)37-35-33-31-12-10-8-6-4-2/h39-40H,3-38H2,1-2H3. The van der Waals surface area contributed by atoms with Gasteiger partial charge in [-0.15, -0.1) is 0 Å². The van der Waals surface area contributed by atoms with E-state index >= 15 is 0 Å². The van der Waals surface area contributed by atoms with Crippen molar-refractivity contribution < 1.29 is 5.11 Å². The van der Waals surface area contributed by atoms with Gasteiger partial charge in [0.2, 0.25) is 0 Å². The van der Waals surface area contributed by atoms with Crippen LogP contribution in [0.4, 0.5) is 0 Å². The van der Waals surface area contributed by atoms with Crippen LogP contribution in [0.1, 0.15) is 245 Å². The van der Waals surface area contributed by atoms with Crippen LogP contribution in [-0.2, 0) is 0 Å². The lowest BCUT2D eigenvalue weighted by atomic mass is 10.0. The van der Waals surface area contributed by atoms with Gasteiger partial charge in [0.25, 0.3) is 0 Å². The van der Waals surface area contributed by atoms with Crippen LogP contribution in [0.25, 0.3) is 0 Å². The predicted molar refractivity (Wildman–Crippen MR) is 184 cm³/mol. The molecule has 1 heteroatoms. The van der Waals surface area contributed by atoms with Gasteiger partial charge in [0, 0.05) is 0 Å². The van der Waals surface area contributed by atoms with Crippen LogP contribution in [0, 0.1) is 0 Å². The molecule has 0 saturated heterocycles. The van der Waals surface area contributed by atoms with Gasteiger partial charge < -0.3 is 5.11 Å². The van der Waals surface area contributed by atoms with Crippen LogP contribution >= 0.6 is 0 Å². The molecule has 1 N–H and O–H groups in total. The number of unbranched alkanes of at least 4 members (excludes halogenated alkanes) is 32. The zero-order valence-electron chi connectivity index (χ0n) is 28.5. The van der Waals surface area contributed by atoms with Gasteiger partial charge in [-0.25, -0.2) is 0 Å². The fourth-order valence-corrected chi connectivity index (χ4v) is 6.35. The van der Waals surface area contributed by atoms with Gasteiger partial charge in [0.15, 0.2) is 0 Å². The molecule has 0 radical (unpaired) electrons. The van der Waals surface area contributed by atoms with Crippen LogP contribution < -0.4 is 0 Å². The molecule has 0 heterocycles. The van der Waals surface area contributed by atoms with E-state index in [4.69, 9.17) is 0 Å². The van der Waals surface area contributed by atoms with Gasteiger partial charge in [-0.05, 0) is 12.8 Å². The van der Waals surface area contributed by atoms with Gasteiger partial charge in [0.05, 0.1) is 6.10 Å².